The topological polar surface area (TPSA) is 184 Å². The summed E-state index contributed by atoms with van der Waals surface area (Å²) < 4.78 is 17.9. The van der Waals surface area contributed by atoms with Crippen molar-refractivity contribution < 1.29 is 43.3 Å². The van der Waals surface area contributed by atoms with Gasteiger partial charge in [0.1, 0.15) is 36.0 Å². The first-order chi connectivity index (χ1) is 32.1. The van der Waals surface area contributed by atoms with Crippen molar-refractivity contribution >= 4 is 41.4 Å². The minimum atomic E-state index is -2.02. The Bertz CT molecular complexity index is 2600. The molecule has 0 saturated carbocycles. The molecular formula is C50H51N7O9. The maximum absolute atomic E-state index is 16.5. The first-order valence-corrected chi connectivity index (χ1v) is 22.1. The normalized spacial score (nSPS) is 24.1. The molecule has 5 heterocycles. The molecule has 5 aromatic rings. The highest BCUT2D eigenvalue weighted by Crippen LogP contribution is 2.66. The van der Waals surface area contributed by atoms with E-state index in [2.05, 4.69) is 15.3 Å². The fourth-order valence-electron chi connectivity index (χ4n) is 10.4. The molecule has 16 heteroatoms. The van der Waals surface area contributed by atoms with Gasteiger partial charge in [0.15, 0.2) is 0 Å². The van der Waals surface area contributed by atoms with E-state index < -0.39 is 77.3 Å². The van der Waals surface area contributed by atoms with E-state index in [4.69, 9.17) is 14.2 Å². The van der Waals surface area contributed by atoms with Gasteiger partial charge >= 0.3 is 18.0 Å². The number of aromatic nitrogens is 2. The summed E-state index contributed by atoms with van der Waals surface area (Å²) in [6, 6.07) is 29.0. The number of methoxy groups -OCH3 is 1. The molecule has 0 unspecified atom stereocenters. The third-order valence-corrected chi connectivity index (χ3v) is 13.2. The van der Waals surface area contributed by atoms with Crippen molar-refractivity contribution in [3.63, 3.8) is 0 Å². The van der Waals surface area contributed by atoms with Gasteiger partial charge in [-0.05, 0) is 40.8 Å². The fourth-order valence-corrected chi connectivity index (χ4v) is 10.4. The molecule has 2 N–H and O–H groups in total. The number of urea groups is 1. The lowest BCUT2D eigenvalue weighted by Crippen LogP contribution is -2.60. The highest BCUT2D eigenvalue weighted by atomic mass is 16.6. The second-order valence-corrected chi connectivity index (χ2v) is 17.1. The summed E-state index contributed by atoms with van der Waals surface area (Å²) in [5, 5.41) is 12.8. The highest BCUT2D eigenvalue weighted by molar-refractivity contribution is 6.25. The largest absolute Gasteiger partial charge is 0.491 e. The summed E-state index contributed by atoms with van der Waals surface area (Å²) in [4.78, 5) is 91.5. The van der Waals surface area contributed by atoms with Crippen molar-refractivity contribution in [2.75, 3.05) is 56.3 Å². The van der Waals surface area contributed by atoms with E-state index in [0.717, 1.165) is 10.5 Å². The number of carbonyl (C=O) groups is 5. The highest BCUT2D eigenvalue weighted by Gasteiger charge is 2.76. The van der Waals surface area contributed by atoms with E-state index in [-0.39, 0.29) is 32.0 Å². The Morgan fingerprint density at radius 1 is 0.818 bits per heavy atom. The summed E-state index contributed by atoms with van der Waals surface area (Å²) in [6.07, 6.45) is 2.38. The van der Waals surface area contributed by atoms with E-state index in [1.807, 2.05) is 70.5 Å². The van der Waals surface area contributed by atoms with Crippen molar-refractivity contribution in [3.05, 3.63) is 150 Å². The number of hydrogen-bond acceptors (Lipinski definition) is 13. The van der Waals surface area contributed by atoms with Crippen LogP contribution >= 0.6 is 0 Å². The number of carbonyl (C=O) groups excluding carboxylic acids is 5. The number of aliphatic hydroxyl groups is 1. The molecule has 4 aliphatic heterocycles. The Morgan fingerprint density at radius 3 is 2.12 bits per heavy atom. The van der Waals surface area contributed by atoms with Crippen LogP contribution in [0.5, 0.6) is 5.75 Å². The van der Waals surface area contributed by atoms with Crippen molar-refractivity contribution in [2.45, 2.75) is 49.5 Å². The lowest BCUT2D eigenvalue weighted by Gasteiger charge is -2.46. The zero-order valence-corrected chi connectivity index (χ0v) is 36.8. The molecule has 16 nitrogen and oxygen atoms in total. The average molecular weight is 894 g/mol. The molecule has 66 heavy (non-hydrogen) atoms. The van der Waals surface area contributed by atoms with Crippen molar-refractivity contribution in [1.29, 1.82) is 0 Å². The number of cyclic esters (lactones) is 1. The number of aliphatic hydroxyl groups excluding tert-OH is 1. The van der Waals surface area contributed by atoms with Crippen LogP contribution in [-0.2, 0) is 34.1 Å². The van der Waals surface area contributed by atoms with E-state index in [0.29, 0.717) is 41.5 Å². The van der Waals surface area contributed by atoms with Gasteiger partial charge in [0, 0.05) is 44.1 Å². The number of hydrogen-bond donors (Lipinski definition) is 2. The van der Waals surface area contributed by atoms with Crippen LogP contribution in [-0.4, -0.2) is 113 Å². The summed E-state index contributed by atoms with van der Waals surface area (Å²) in [5.74, 6) is -3.80. The number of piperazine rings is 1. The van der Waals surface area contributed by atoms with Gasteiger partial charge in [0.2, 0.25) is 17.8 Å². The number of nitrogens with zero attached hydrogens (tertiary/aromatic N) is 6. The molecular weight excluding hydrogens is 843 g/mol. The van der Waals surface area contributed by atoms with Crippen molar-refractivity contribution in [2.24, 2.45) is 11.8 Å². The van der Waals surface area contributed by atoms with Crippen LogP contribution in [0.3, 0.4) is 0 Å². The number of esters is 2. The summed E-state index contributed by atoms with van der Waals surface area (Å²) >= 11 is 0. The number of morpholine rings is 1. The predicted molar refractivity (Wildman–Crippen MR) is 241 cm³/mol. The second kappa shape index (κ2) is 18.4. The standard InChI is InChI=1S/C50H51N7O9/c1-31(2)39(45(60)64-3)53-49(63)56-36-21-12-11-20-35(36)50(47(56)62)38(44(59)54-25-27-55(28-26-54)48-51-23-14-24-52-48)41-46(61)66-42(33-17-8-5-9-18-33)40(32-15-6-4-7-16-32)57(41)43(50)34-19-10-13-22-37(34)65-30-29-58/h4-24,31,38-43,58H,25-30H2,1-3H3,(H,53,63)/t38-,39-,40-,41-,42+,43+,50-/m0/s1. The van der Waals surface area contributed by atoms with Gasteiger partial charge in [-0.25, -0.2) is 24.5 Å². The Morgan fingerprint density at radius 2 is 1.45 bits per heavy atom. The Balaban J connectivity index is 1.30. The molecule has 340 valence electrons. The van der Waals surface area contributed by atoms with Crippen LogP contribution in [0.2, 0.25) is 0 Å². The average Bonchev–Trinajstić information content (AvgIpc) is 3.81. The Kier molecular flexibility index (Phi) is 12.3. The number of ether oxygens (including phenoxy) is 3. The molecule has 1 aromatic heterocycles. The number of rotatable bonds is 11. The van der Waals surface area contributed by atoms with E-state index in [9.17, 15) is 14.7 Å². The fraction of sp³-hybridized carbons (Fsp3) is 0.340. The third kappa shape index (κ3) is 7.39. The molecule has 3 fully saturated rings. The van der Waals surface area contributed by atoms with Crippen molar-refractivity contribution in [3.8, 4) is 5.75 Å². The van der Waals surface area contributed by atoms with Crippen LogP contribution < -0.4 is 19.9 Å². The number of anilines is 2. The van der Waals surface area contributed by atoms with Gasteiger partial charge in [-0.3, -0.25) is 19.3 Å². The number of benzene rings is 4. The van der Waals surface area contributed by atoms with Gasteiger partial charge in [0.05, 0.1) is 37.4 Å². The molecule has 0 aliphatic carbocycles. The molecule has 7 atom stereocenters. The second-order valence-electron chi connectivity index (χ2n) is 17.1. The van der Waals surface area contributed by atoms with Crippen LogP contribution in [0.4, 0.5) is 16.4 Å². The molecule has 3 saturated heterocycles. The first kappa shape index (κ1) is 44.1. The minimum absolute atomic E-state index is 0.0993. The molecule has 4 aromatic carbocycles. The smallest absolute Gasteiger partial charge is 0.329 e. The monoisotopic (exact) mass is 893 g/mol. The SMILES string of the molecule is COC(=O)[C@@H](NC(=O)N1C(=O)[C@@]2(c3ccccc31)[C@H](C(=O)N1CCN(c3ncccn3)CC1)[C@H]1C(=O)O[C@H](c3ccccc3)[C@H](c3ccccc3)N1[C@@H]2c1ccccc1OCCO)C(C)C. The number of imide groups is 1. The molecule has 4 amide bonds. The molecule has 9 rings (SSSR count). The summed E-state index contributed by atoms with van der Waals surface area (Å²) in [5.41, 5.74) is 0.356. The lowest BCUT2D eigenvalue weighted by atomic mass is 9.65. The van der Waals surface area contributed by atoms with Crippen molar-refractivity contribution in [1.82, 2.24) is 25.1 Å². The first-order valence-electron chi connectivity index (χ1n) is 22.1. The number of nitrogens with one attached hydrogen (secondary N) is 1. The van der Waals surface area contributed by atoms with E-state index in [1.165, 1.54) is 7.11 Å². The zero-order valence-electron chi connectivity index (χ0n) is 36.8. The van der Waals surface area contributed by atoms with Crippen LogP contribution in [0, 0.1) is 11.8 Å². The number of para-hydroxylation sites is 2. The van der Waals surface area contributed by atoms with Crippen LogP contribution in [0.25, 0.3) is 0 Å². The number of amides is 4. The third-order valence-electron chi connectivity index (χ3n) is 13.2. The van der Waals surface area contributed by atoms with Crippen LogP contribution in [0.1, 0.15) is 54.3 Å². The Hall–Kier alpha value is -7.17. The molecule has 0 bridgehead atoms. The molecule has 1 spiro atoms. The number of fused-ring (bicyclic) bond motifs is 3. The lowest BCUT2D eigenvalue weighted by molar-refractivity contribution is -0.179. The predicted octanol–water partition coefficient (Wildman–Crippen LogP) is 4.77. The summed E-state index contributed by atoms with van der Waals surface area (Å²) in [6.45, 7) is 4.20. The quantitative estimate of drug-likeness (QED) is 0.173. The molecule has 0 radical (unpaired) electrons. The van der Waals surface area contributed by atoms with E-state index in [1.54, 1.807) is 85.7 Å². The van der Waals surface area contributed by atoms with Gasteiger partial charge in [-0.1, -0.05) is 111 Å². The maximum atomic E-state index is 16.5. The van der Waals surface area contributed by atoms with E-state index >= 15 is 14.4 Å². The van der Waals surface area contributed by atoms with Gasteiger partial charge < -0.3 is 34.4 Å². The summed E-state index contributed by atoms with van der Waals surface area (Å²) in [7, 11) is 1.22. The van der Waals surface area contributed by atoms with Gasteiger partial charge in [-0.2, -0.15) is 0 Å². The minimum Gasteiger partial charge on any atom is -0.491 e. The maximum Gasteiger partial charge on any atom is 0.329 e. The van der Waals surface area contributed by atoms with Crippen LogP contribution in [0.15, 0.2) is 128 Å². The molecule has 4 aliphatic rings. The zero-order chi connectivity index (χ0) is 46.1. The van der Waals surface area contributed by atoms with Gasteiger partial charge in [-0.15, -0.1) is 0 Å². The Labute approximate surface area is 382 Å². The van der Waals surface area contributed by atoms with Gasteiger partial charge in [0.25, 0.3) is 0 Å².